The molecule has 0 bridgehead atoms. The number of rotatable bonds is 17. The van der Waals surface area contributed by atoms with Crippen molar-refractivity contribution in [1.29, 1.82) is 0 Å². The molecule has 36 heavy (non-hydrogen) atoms. The molecule has 0 rings (SSSR count). The van der Waals surface area contributed by atoms with E-state index in [1.165, 1.54) is 0 Å². The lowest BCUT2D eigenvalue weighted by atomic mass is 10.0. The van der Waals surface area contributed by atoms with Gasteiger partial charge in [-0.05, 0) is 27.7 Å². The van der Waals surface area contributed by atoms with E-state index in [0.717, 1.165) is 27.7 Å². The lowest BCUT2D eigenvalue weighted by Crippen LogP contribution is -2.53. The van der Waals surface area contributed by atoms with Crippen LogP contribution in [0.5, 0.6) is 0 Å². The molecule has 0 radical (unpaired) electrons. The van der Waals surface area contributed by atoms with Crippen LogP contribution in [0.4, 0.5) is 0 Å². The highest BCUT2D eigenvalue weighted by Gasteiger charge is 2.44. The fraction of sp³-hybridized carbons (Fsp3) is 0.591. The molecule has 0 amide bonds. The first-order chi connectivity index (χ1) is 16.7. The minimum Gasteiger partial charge on any atom is -0.455 e. The fourth-order valence-corrected chi connectivity index (χ4v) is 2.66. The monoisotopic (exact) mass is 516 g/mol. The lowest BCUT2D eigenvalue weighted by molar-refractivity contribution is -0.202. The third kappa shape index (κ3) is 13.2. The molecule has 0 aliphatic carbocycles. The minimum atomic E-state index is -2.11. The van der Waals surface area contributed by atoms with Crippen molar-refractivity contribution in [1.82, 2.24) is 0 Å². The van der Waals surface area contributed by atoms with Crippen LogP contribution in [-0.2, 0) is 62.1 Å². The molecule has 0 aliphatic heterocycles. The molecule has 0 aromatic heterocycles. The maximum Gasteiger partial charge on any atom is 0.314 e. The van der Waals surface area contributed by atoms with Crippen LogP contribution in [0.2, 0.25) is 0 Å². The van der Waals surface area contributed by atoms with Gasteiger partial charge in [0.2, 0.25) is 0 Å². The second-order valence-corrected chi connectivity index (χ2v) is 7.73. The highest BCUT2D eigenvalue weighted by molar-refractivity contribution is 5.96. The van der Waals surface area contributed by atoms with Crippen molar-refractivity contribution < 1.29 is 67.2 Å². The van der Waals surface area contributed by atoms with E-state index < -0.39 is 104 Å². The lowest BCUT2D eigenvalue weighted by Gasteiger charge is -2.33. The predicted octanol–water partition coefficient (Wildman–Crippen LogP) is -1.26. The molecule has 0 spiro atoms. The summed E-state index contributed by atoms with van der Waals surface area (Å²) in [7, 11) is 0. The maximum absolute atomic E-state index is 12.2. The van der Waals surface area contributed by atoms with Crippen LogP contribution in [0.15, 0.2) is 0 Å². The van der Waals surface area contributed by atoms with Crippen molar-refractivity contribution in [2.45, 2.75) is 77.8 Å². The Morgan fingerprint density at radius 3 is 1.25 bits per heavy atom. The summed E-state index contributed by atoms with van der Waals surface area (Å²) in [5.41, 5.74) is 0. The Morgan fingerprint density at radius 2 is 0.917 bits per heavy atom. The van der Waals surface area contributed by atoms with Crippen molar-refractivity contribution in [3.8, 4) is 0 Å². The van der Waals surface area contributed by atoms with E-state index >= 15 is 0 Å². The van der Waals surface area contributed by atoms with Crippen LogP contribution in [0.3, 0.4) is 0 Å². The van der Waals surface area contributed by atoms with Crippen LogP contribution < -0.4 is 0 Å². The molecule has 0 aliphatic rings. The van der Waals surface area contributed by atoms with Crippen LogP contribution in [0.25, 0.3) is 0 Å². The zero-order valence-electron chi connectivity index (χ0n) is 20.2. The summed E-state index contributed by atoms with van der Waals surface area (Å²) < 4.78 is 19.9. The number of aldehydes is 1. The first-order valence-corrected chi connectivity index (χ1v) is 10.5. The summed E-state index contributed by atoms with van der Waals surface area (Å²) in [5.74, 6) is -7.60. The van der Waals surface area contributed by atoms with Gasteiger partial charge >= 0.3 is 23.9 Å². The molecule has 0 saturated carbocycles. The first-order valence-electron chi connectivity index (χ1n) is 10.5. The number of carbonyl (C=O) groups is 9. The minimum absolute atomic E-state index is 0.0542. The van der Waals surface area contributed by atoms with Crippen molar-refractivity contribution in [3.63, 3.8) is 0 Å². The van der Waals surface area contributed by atoms with Crippen molar-refractivity contribution in [2.75, 3.05) is 6.61 Å². The highest BCUT2D eigenvalue weighted by atomic mass is 16.6. The van der Waals surface area contributed by atoms with Crippen LogP contribution in [-0.4, -0.2) is 89.4 Å². The smallest absolute Gasteiger partial charge is 0.314 e. The van der Waals surface area contributed by atoms with Gasteiger partial charge in [0.15, 0.2) is 30.7 Å². The number of Topliss-reactive ketones (excluding diaryl/α,β-unsaturated/α-hetero) is 4. The largest absolute Gasteiger partial charge is 0.455 e. The van der Waals surface area contributed by atoms with E-state index in [2.05, 4.69) is 0 Å². The Bertz CT molecular complexity index is 889. The van der Waals surface area contributed by atoms with Gasteiger partial charge in [0.25, 0.3) is 0 Å². The molecule has 0 saturated heterocycles. The number of aliphatic hydroxyl groups is 1. The second kappa shape index (κ2) is 16.0. The third-order valence-corrected chi connectivity index (χ3v) is 3.99. The number of esters is 4. The second-order valence-electron chi connectivity index (χ2n) is 7.73. The molecule has 0 fully saturated rings. The summed E-state index contributed by atoms with van der Waals surface area (Å²) in [6, 6.07) is 0. The zero-order valence-corrected chi connectivity index (χ0v) is 20.2. The molecule has 14 nitrogen and oxygen atoms in total. The van der Waals surface area contributed by atoms with Crippen molar-refractivity contribution in [2.24, 2.45) is 0 Å². The molecule has 14 heteroatoms. The SMILES string of the molecule is CC(=O)CC(=O)O[C@@H]([C@H](OC(=O)CC(C)=O)[C@@H](CO)OC(=O)CC(C)=O)[C@H](C=O)OC(=O)CC(C)=O. The van der Waals surface area contributed by atoms with Crippen LogP contribution in [0, 0.1) is 0 Å². The average Bonchev–Trinajstić information content (AvgIpc) is 2.70. The van der Waals surface area contributed by atoms with Gasteiger partial charge in [-0.3, -0.25) is 43.2 Å². The van der Waals surface area contributed by atoms with Gasteiger partial charge in [0.05, 0.1) is 6.61 Å². The Balaban J connectivity index is 6.45. The van der Waals surface area contributed by atoms with Gasteiger partial charge in [-0.2, -0.15) is 0 Å². The molecule has 1 N–H and O–H groups in total. The number of carbonyl (C=O) groups excluding carboxylic acids is 9. The van der Waals surface area contributed by atoms with Gasteiger partial charge < -0.3 is 24.1 Å². The Kier molecular flexibility index (Phi) is 14.3. The summed E-state index contributed by atoms with van der Waals surface area (Å²) in [4.78, 5) is 105. The van der Waals surface area contributed by atoms with E-state index in [4.69, 9.17) is 18.9 Å². The van der Waals surface area contributed by atoms with Crippen LogP contribution >= 0.6 is 0 Å². The fourth-order valence-electron chi connectivity index (χ4n) is 2.66. The van der Waals surface area contributed by atoms with Gasteiger partial charge in [0, 0.05) is 0 Å². The van der Waals surface area contributed by atoms with Crippen molar-refractivity contribution in [3.05, 3.63) is 0 Å². The molecule has 0 aromatic rings. The summed E-state index contributed by atoms with van der Waals surface area (Å²) in [6.07, 6.45) is -11.4. The van der Waals surface area contributed by atoms with E-state index in [1.54, 1.807) is 0 Å². The number of hydrogen-bond donors (Lipinski definition) is 1. The van der Waals surface area contributed by atoms with Gasteiger partial charge in [0.1, 0.15) is 48.8 Å². The average molecular weight is 516 g/mol. The quantitative estimate of drug-likeness (QED) is 0.103. The zero-order chi connectivity index (χ0) is 28.0. The molecule has 0 aromatic carbocycles. The number of ketones is 4. The number of aliphatic hydroxyl groups excluding tert-OH is 1. The Hall–Kier alpha value is -3.81. The molecule has 4 atom stereocenters. The van der Waals surface area contributed by atoms with E-state index in [-0.39, 0.29) is 6.29 Å². The van der Waals surface area contributed by atoms with Gasteiger partial charge in [-0.1, -0.05) is 0 Å². The molecule has 0 unspecified atom stereocenters. The highest BCUT2D eigenvalue weighted by Crippen LogP contribution is 2.20. The van der Waals surface area contributed by atoms with Crippen molar-refractivity contribution >= 4 is 53.3 Å². The summed E-state index contributed by atoms with van der Waals surface area (Å²) in [6.45, 7) is 3.06. The summed E-state index contributed by atoms with van der Waals surface area (Å²) >= 11 is 0. The molecule has 200 valence electrons. The van der Waals surface area contributed by atoms with Crippen LogP contribution in [0.1, 0.15) is 53.4 Å². The van der Waals surface area contributed by atoms with Gasteiger partial charge in [-0.25, -0.2) is 0 Å². The van der Waals surface area contributed by atoms with E-state index in [1.807, 2.05) is 0 Å². The Labute approximate surface area is 205 Å². The Morgan fingerprint density at radius 1 is 0.583 bits per heavy atom. The first kappa shape index (κ1) is 32.2. The predicted molar refractivity (Wildman–Crippen MR) is 114 cm³/mol. The molecular formula is C22H28O14. The maximum atomic E-state index is 12.2. The van der Waals surface area contributed by atoms with E-state index in [9.17, 15) is 48.3 Å². The number of hydrogen-bond acceptors (Lipinski definition) is 14. The van der Waals surface area contributed by atoms with E-state index in [0.29, 0.717) is 0 Å². The standard InChI is InChI=1S/C22H28O14/c1-11(25)5-17(29)33-15(9-23)21(35-19(31)7-13(3)27)22(36-20(32)8-14(4)28)16(10-24)34-18(30)6-12(2)26/h9,15-16,21-22,24H,5-8,10H2,1-4H3/t15-,16+,21+,22+/m0/s1. The third-order valence-electron chi connectivity index (χ3n) is 3.99. The topological polar surface area (TPSA) is 211 Å². The number of ether oxygens (including phenoxy) is 4. The molecule has 0 heterocycles. The van der Waals surface area contributed by atoms with Gasteiger partial charge in [-0.15, -0.1) is 0 Å². The summed E-state index contributed by atoms with van der Waals surface area (Å²) in [5, 5.41) is 9.80. The normalized spacial score (nSPS) is 13.7. The molecular weight excluding hydrogens is 488 g/mol.